The Bertz CT molecular complexity index is 693. The smallest absolute Gasteiger partial charge is 0.132 e. The van der Waals surface area contributed by atoms with Crippen LogP contribution in [-0.4, -0.2) is 0 Å². The molecule has 1 aliphatic heterocycles. The van der Waals surface area contributed by atoms with Crippen LogP contribution < -0.4 is 10.6 Å². The quantitative estimate of drug-likeness (QED) is 0.477. The van der Waals surface area contributed by atoms with Crippen LogP contribution in [0.5, 0.6) is 0 Å². The maximum Gasteiger partial charge on any atom is 0.132 e. The number of halogens is 2. The van der Waals surface area contributed by atoms with Gasteiger partial charge in [0.05, 0.1) is 0 Å². The van der Waals surface area contributed by atoms with Gasteiger partial charge in [-0.05, 0) is 29.0 Å². The van der Waals surface area contributed by atoms with Gasteiger partial charge in [-0.2, -0.15) is 0 Å². The summed E-state index contributed by atoms with van der Waals surface area (Å²) in [5.41, 5.74) is 2.42. The molecule has 0 atom stereocenters. The molecular formula is C15H12Cl2N2PdS. The van der Waals surface area contributed by atoms with E-state index in [0.717, 1.165) is 0 Å². The first-order valence-electron chi connectivity index (χ1n) is 6.24. The topological polar surface area (TPSA) is 24.1 Å². The largest absolute Gasteiger partial charge is 0.360 e. The number of thiophene rings is 1. The van der Waals surface area contributed by atoms with E-state index in [1.807, 2.05) is 0 Å². The molecule has 1 aliphatic rings. The molecule has 21 heavy (non-hydrogen) atoms. The molecule has 112 valence electrons. The van der Waals surface area contributed by atoms with Gasteiger partial charge in [0.1, 0.15) is 6.17 Å². The van der Waals surface area contributed by atoms with E-state index in [1.54, 1.807) is 11.3 Å². The first-order valence-corrected chi connectivity index (χ1v) is 11.1. The van der Waals surface area contributed by atoms with Crippen molar-refractivity contribution in [2.45, 2.75) is 6.17 Å². The standard InChI is InChI=1S/C15H12N2S.2ClH.Pd/c1-4-10-5-2-7-12-14(10)11(6-1)16-15(17-12)13-8-3-9-18-13;;;/h1-9,15-17H;2*1H;/q;;;+2/p-2. The summed E-state index contributed by atoms with van der Waals surface area (Å²) in [6, 6.07) is 17.0. The van der Waals surface area contributed by atoms with Gasteiger partial charge < -0.3 is 10.6 Å². The van der Waals surface area contributed by atoms with Crippen LogP contribution in [-0.2, 0) is 15.9 Å². The molecule has 0 unspecified atom stereocenters. The van der Waals surface area contributed by atoms with Crippen molar-refractivity contribution in [2.24, 2.45) is 0 Å². The summed E-state index contributed by atoms with van der Waals surface area (Å²) < 4.78 is 0. The van der Waals surface area contributed by atoms with Crippen molar-refractivity contribution in [3.63, 3.8) is 0 Å². The molecule has 0 aliphatic carbocycles. The van der Waals surface area contributed by atoms with E-state index in [1.165, 1.54) is 27.0 Å². The average Bonchev–Trinajstić information content (AvgIpc) is 3.03. The van der Waals surface area contributed by atoms with Crippen molar-refractivity contribution in [1.82, 2.24) is 0 Å². The Balaban J connectivity index is 0.000000409. The van der Waals surface area contributed by atoms with Gasteiger partial charge in [-0.3, -0.25) is 0 Å². The second-order valence-electron chi connectivity index (χ2n) is 4.49. The molecule has 0 bridgehead atoms. The van der Waals surface area contributed by atoms with E-state index in [9.17, 15) is 0 Å². The van der Waals surface area contributed by atoms with Crippen LogP contribution >= 0.6 is 30.4 Å². The fraction of sp³-hybridized carbons (Fsp3) is 0.0667. The number of rotatable bonds is 1. The van der Waals surface area contributed by atoms with Crippen LogP contribution in [0.25, 0.3) is 10.8 Å². The first kappa shape index (κ1) is 15.2. The maximum atomic E-state index is 4.81. The normalized spacial score (nSPS) is 13.2. The maximum absolute atomic E-state index is 4.81. The van der Waals surface area contributed by atoms with Crippen LogP contribution in [0.2, 0.25) is 0 Å². The third kappa shape index (κ3) is 3.21. The van der Waals surface area contributed by atoms with Crippen LogP contribution in [0.4, 0.5) is 11.4 Å². The van der Waals surface area contributed by atoms with Gasteiger partial charge in [-0.1, -0.05) is 30.3 Å². The van der Waals surface area contributed by atoms with E-state index in [0.29, 0.717) is 0 Å². The Labute approximate surface area is 143 Å². The molecule has 2 N–H and O–H groups in total. The van der Waals surface area contributed by atoms with Crippen molar-refractivity contribution in [1.29, 1.82) is 0 Å². The summed E-state index contributed by atoms with van der Waals surface area (Å²) in [7, 11) is 9.63. The minimum atomic E-state index is -0.106. The predicted octanol–water partition coefficient (Wildman–Crippen LogP) is 5.81. The van der Waals surface area contributed by atoms with Gasteiger partial charge in [0.25, 0.3) is 0 Å². The van der Waals surface area contributed by atoms with Gasteiger partial charge in [0.2, 0.25) is 0 Å². The Kier molecular flexibility index (Phi) is 5.05. The van der Waals surface area contributed by atoms with Crippen molar-refractivity contribution < 1.29 is 15.9 Å². The van der Waals surface area contributed by atoms with Gasteiger partial charge >= 0.3 is 35.0 Å². The molecule has 0 radical (unpaired) electrons. The van der Waals surface area contributed by atoms with Crippen molar-refractivity contribution in [2.75, 3.05) is 10.6 Å². The molecule has 2 nitrogen and oxygen atoms in total. The summed E-state index contributed by atoms with van der Waals surface area (Å²) in [5, 5.41) is 11.8. The molecule has 0 spiro atoms. The van der Waals surface area contributed by atoms with Gasteiger partial charge in [0.15, 0.2) is 0 Å². The Hall–Kier alpha value is -0.758. The molecule has 0 saturated heterocycles. The number of anilines is 2. The zero-order valence-electron chi connectivity index (χ0n) is 10.8. The molecular weight excluding hydrogens is 418 g/mol. The molecule has 6 heteroatoms. The molecule has 0 amide bonds. The van der Waals surface area contributed by atoms with Crippen molar-refractivity contribution in [3.8, 4) is 0 Å². The van der Waals surface area contributed by atoms with E-state index < -0.39 is 0 Å². The van der Waals surface area contributed by atoms with E-state index >= 15 is 0 Å². The SMILES string of the molecule is [Cl][Pd][Cl].c1csc(C2Nc3cccc4cccc(c34)N2)c1. The number of hydrogen-bond acceptors (Lipinski definition) is 3. The molecule has 2 aromatic carbocycles. The predicted molar refractivity (Wildman–Crippen MR) is 90.0 cm³/mol. The second-order valence-corrected chi connectivity index (χ2v) is 7.83. The van der Waals surface area contributed by atoms with Crippen LogP contribution in [0.15, 0.2) is 53.9 Å². The summed E-state index contributed by atoms with van der Waals surface area (Å²) in [5.74, 6) is 0. The van der Waals surface area contributed by atoms with E-state index in [4.69, 9.17) is 19.1 Å². The zero-order valence-corrected chi connectivity index (χ0v) is 14.6. The Morgan fingerprint density at radius 3 is 2.05 bits per heavy atom. The van der Waals surface area contributed by atoms with Gasteiger partial charge in [-0.25, -0.2) is 0 Å². The third-order valence-electron chi connectivity index (χ3n) is 3.33. The Morgan fingerprint density at radius 1 is 0.905 bits per heavy atom. The molecule has 0 saturated carbocycles. The van der Waals surface area contributed by atoms with Crippen LogP contribution in [0, 0.1) is 0 Å². The van der Waals surface area contributed by atoms with Crippen molar-refractivity contribution >= 4 is 52.5 Å². The molecule has 2 heterocycles. The first-order chi connectivity index (χ1) is 10.3. The summed E-state index contributed by atoms with van der Waals surface area (Å²) in [4.78, 5) is 1.31. The molecule has 4 rings (SSSR count). The van der Waals surface area contributed by atoms with Crippen molar-refractivity contribution in [3.05, 3.63) is 58.8 Å². The number of benzene rings is 2. The summed E-state index contributed by atoms with van der Waals surface area (Å²) >= 11 is 1.66. The Morgan fingerprint density at radius 2 is 1.52 bits per heavy atom. The van der Waals surface area contributed by atoms with E-state index in [2.05, 4.69) is 64.5 Å². The minimum Gasteiger partial charge on any atom is -0.360 e. The number of hydrogen-bond donors (Lipinski definition) is 2. The van der Waals surface area contributed by atoms with Crippen LogP contribution in [0.1, 0.15) is 11.0 Å². The molecule has 3 aromatic rings. The number of nitrogens with one attached hydrogen (secondary N) is 2. The van der Waals surface area contributed by atoms with Crippen LogP contribution in [0.3, 0.4) is 0 Å². The monoisotopic (exact) mass is 428 g/mol. The minimum absolute atomic E-state index is 0.106. The zero-order chi connectivity index (χ0) is 14.7. The second kappa shape index (κ2) is 7.00. The fourth-order valence-corrected chi connectivity index (χ4v) is 3.25. The summed E-state index contributed by atoms with van der Waals surface area (Å²) in [6.07, 6.45) is 0.172. The summed E-state index contributed by atoms with van der Waals surface area (Å²) in [6.45, 7) is 0. The molecule has 0 fully saturated rings. The van der Waals surface area contributed by atoms with Gasteiger partial charge in [-0.15, -0.1) is 11.3 Å². The molecule has 1 aromatic heterocycles. The van der Waals surface area contributed by atoms with E-state index in [-0.39, 0.29) is 22.1 Å². The third-order valence-corrected chi connectivity index (χ3v) is 4.27. The van der Waals surface area contributed by atoms with Gasteiger partial charge in [0, 0.05) is 21.6 Å². The average molecular weight is 430 g/mol. The fourth-order valence-electron chi connectivity index (χ4n) is 2.53.